The SMILES string of the molecule is O=C(C1=CCCC1)N1CC[C@H]2C[C@H](c3nccs3)O[C@@H]2C1. The van der Waals surface area contributed by atoms with Crippen LogP contribution in [0.3, 0.4) is 0 Å². The van der Waals surface area contributed by atoms with Gasteiger partial charge in [0, 0.05) is 30.2 Å². The third-order valence-electron chi connectivity index (χ3n) is 4.88. The van der Waals surface area contributed by atoms with Crippen LogP contribution in [0.25, 0.3) is 0 Å². The first-order valence-electron chi connectivity index (χ1n) is 7.84. The van der Waals surface area contributed by atoms with Gasteiger partial charge in [-0.2, -0.15) is 0 Å². The maximum atomic E-state index is 12.5. The highest BCUT2D eigenvalue weighted by Crippen LogP contribution is 2.41. The Morgan fingerprint density at radius 2 is 2.43 bits per heavy atom. The molecule has 3 heterocycles. The first-order valence-corrected chi connectivity index (χ1v) is 8.72. The Hall–Kier alpha value is -1.20. The number of rotatable bonds is 2. The van der Waals surface area contributed by atoms with Crippen molar-refractivity contribution in [2.75, 3.05) is 13.1 Å². The maximum Gasteiger partial charge on any atom is 0.249 e. The molecule has 0 bridgehead atoms. The van der Waals surface area contributed by atoms with Crippen LogP contribution in [-0.2, 0) is 9.53 Å². The summed E-state index contributed by atoms with van der Waals surface area (Å²) in [5.41, 5.74) is 1.02. The third-order valence-corrected chi connectivity index (χ3v) is 5.75. The quantitative estimate of drug-likeness (QED) is 0.843. The fourth-order valence-electron chi connectivity index (χ4n) is 3.74. The number of hydrogen-bond acceptors (Lipinski definition) is 4. The maximum absolute atomic E-state index is 12.5. The number of hydrogen-bond donors (Lipinski definition) is 0. The monoisotopic (exact) mass is 304 g/mol. The molecule has 1 aromatic rings. The average molecular weight is 304 g/mol. The highest BCUT2D eigenvalue weighted by Gasteiger charge is 2.41. The van der Waals surface area contributed by atoms with Crippen molar-refractivity contribution in [1.29, 1.82) is 0 Å². The largest absolute Gasteiger partial charge is 0.366 e. The lowest BCUT2D eigenvalue weighted by Crippen LogP contribution is -2.45. The fraction of sp³-hybridized carbons (Fsp3) is 0.625. The summed E-state index contributed by atoms with van der Waals surface area (Å²) in [6.45, 7) is 1.63. The van der Waals surface area contributed by atoms with E-state index >= 15 is 0 Å². The molecule has 5 heteroatoms. The fourth-order valence-corrected chi connectivity index (χ4v) is 4.42. The number of nitrogens with zero attached hydrogens (tertiary/aromatic N) is 2. The summed E-state index contributed by atoms with van der Waals surface area (Å²) in [6, 6.07) is 0. The van der Waals surface area contributed by atoms with E-state index in [2.05, 4.69) is 11.1 Å². The summed E-state index contributed by atoms with van der Waals surface area (Å²) in [5.74, 6) is 0.827. The van der Waals surface area contributed by atoms with Gasteiger partial charge >= 0.3 is 0 Å². The molecule has 0 aromatic carbocycles. The van der Waals surface area contributed by atoms with Crippen LogP contribution >= 0.6 is 11.3 Å². The Balaban J connectivity index is 1.42. The van der Waals surface area contributed by atoms with E-state index in [1.54, 1.807) is 11.3 Å². The number of likely N-dealkylation sites (tertiary alicyclic amines) is 1. The van der Waals surface area contributed by atoms with E-state index in [4.69, 9.17) is 4.74 Å². The van der Waals surface area contributed by atoms with E-state index in [0.29, 0.717) is 5.92 Å². The first-order chi connectivity index (χ1) is 10.3. The van der Waals surface area contributed by atoms with Crippen LogP contribution in [0, 0.1) is 5.92 Å². The molecular formula is C16H20N2O2S. The van der Waals surface area contributed by atoms with Gasteiger partial charge in [-0.05, 0) is 38.0 Å². The molecule has 0 N–H and O–H groups in total. The Kier molecular flexibility index (Phi) is 3.55. The van der Waals surface area contributed by atoms with Crippen molar-refractivity contribution in [1.82, 2.24) is 9.88 Å². The van der Waals surface area contributed by atoms with Gasteiger partial charge in [0.2, 0.25) is 5.91 Å². The van der Waals surface area contributed by atoms with Crippen molar-refractivity contribution in [3.63, 3.8) is 0 Å². The van der Waals surface area contributed by atoms with Crippen LogP contribution < -0.4 is 0 Å². The van der Waals surface area contributed by atoms with E-state index in [1.807, 2.05) is 16.5 Å². The number of ether oxygens (including phenoxy) is 1. The average Bonchev–Trinajstić information content (AvgIpc) is 3.24. The number of aromatic nitrogens is 1. The van der Waals surface area contributed by atoms with Gasteiger partial charge in [0.05, 0.1) is 6.10 Å². The van der Waals surface area contributed by atoms with Crippen molar-refractivity contribution < 1.29 is 9.53 Å². The minimum Gasteiger partial charge on any atom is -0.366 e. The highest BCUT2D eigenvalue weighted by molar-refractivity contribution is 7.09. The Morgan fingerprint density at radius 1 is 1.48 bits per heavy atom. The van der Waals surface area contributed by atoms with Gasteiger partial charge in [-0.15, -0.1) is 11.3 Å². The number of amides is 1. The molecule has 2 aliphatic heterocycles. The van der Waals surface area contributed by atoms with Crippen LogP contribution in [-0.4, -0.2) is 35.0 Å². The van der Waals surface area contributed by atoms with Crippen LogP contribution in [0.2, 0.25) is 0 Å². The predicted molar refractivity (Wildman–Crippen MR) is 81.0 cm³/mol. The Labute approximate surface area is 128 Å². The van der Waals surface area contributed by atoms with Crippen molar-refractivity contribution in [2.45, 2.75) is 44.3 Å². The zero-order valence-corrected chi connectivity index (χ0v) is 12.8. The second-order valence-corrected chi connectivity index (χ2v) is 7.12. The van der Waals surface area contributed by atoms with E-state index < -0.39 is 0 Å². The number of carbonyl (C=O) groups excluding carboxylic acids is 1. The van der Waals surface area contributed by atoms with Crippen LogP contribution in [0.1, 0.15) is 43.2 Å². The molecule has 112 valence electrons. The van der Waals surface area contributed by atoms with E-state index in [0.717, 1.165) is 55.8 Å². The molecule has 0 spiro atoms. The Bertz CT molecular complexity index is 555. The molecule has 2 saturated heterocycles. The number of carbonyl (C=O) groups is 1. The molecule has 4 rings (SSSR count). The van der Waals surface area contributed by atoms with E-state index in [-0.39, 0.29) is 18.1 Å². The van der Waals surface area contributed by atoms with Crippen LogP contribution in [0.15, 0.2) is 23.2 Å². The van der Waals surface area contributed by atoms with E-state index in [1.165, 1.54) is 0 Å². The summed E-state index contributed by atoms with van der Waals surface area (Å²) >= 11 is 1.67. The number of thiazole rings is 1. The van der Waals surface area contributed by atoms with Crippen LogP contribution in [0.5, 0.6) is 0 Å². The van der Waals surface area contributed by atoms with Gasteiger partial charge in [-0.3, -0.25) is 4.79 Å². The number of fused-ring (bicyclic) bond motifs is 1. The van der Waals surface area contributed by atoms with Gasteiger partial charge in [0.15, 0.2) is 0 Å². The Morgan fingerprint density at radius 3 is 3.19 bits per heavy atom. The molecule has 0 unspecified atom stereocenters. The standard InChI is InChI=1S/C16H20N2O2S/c19-16(11-3-1-2-4-11)18-7-5-12-9-13(20-14(12)10-18)15-17-6-8-21-15/h3,6,8,12-14H,1-2,4-5,7,9-10H2/t12-,13+,14+/m0/s1. The zero-order valence-electron chi connectivity index (χ0n) is 12.0. The molecule has 4 nitrogen and oxygen atoms in total. The summed E-state index contributed by atoms with van der Waals surface area (Å²) in [5, 5.41) is 3.09. The van der Waals surface area contributed by atoms with Crippen molar-refractivity contribution in [3.8, 4) is 0 Å². The second kappa shape index (κ2) is 5.54. The molecule has 3 aliphatic rings. The molecule has 1 aliphatic carbocycles. The molecule has 0 radical (unpaired) electrons. The number of allylic oxidation sites excluding steroid dienone is 1. The lowest BCUT2D eigenvalue weighted by atomic mass is 9.91. The first kappa shape index (κ1) is 13.5. The lowest BCUT2D eigenvalue weighted by Gasteiger charge is -2.34. The van der Waals surface area contributed by atoms with Crippen molar-refractivity contribution in [3.05, 3.63) is 28.2 Å². The number of piperidine rings is 1. The molecule has 3 atom stereocenters. The zero-order chi connectivity index (χ0) is 14.2. The van der Waals surface area contributed by atoms with Gasteiger partial charge in [-0.25, -0.2) is 4.98 Å². The van der Waals surface area contributed by atoms with Crippen molar-refractivity contribution in [2.24, 2.45) is 5.92 Å². The summed E-state index contributed by atoms with van der Waals surface area (Å²) in [6.07, 6.45) is 9.54. The normalized spacial score (nSPS) is 32.1. The van der Waals surface area contributed by atoms with Crippen molar-refractivity contribution >= 4 is 17.2 Å². The topological polar surface area (TPSA) is 42.4 Å². The van der Waals surface area contributed by atoms with Gasteiger partial charge in [0.1, 0.15) is 11.1 Å². The minimum atomic E-state index is 0.140. The molecular weight excluding hydrogens is 284 g/mol. The predicted octanol–water partition coefficient (Wildman–Crippen LogP) is 2.93. The third kappa shape index (κ3) is 2.53. The minimum absolute atomic E-state index is 0.140. The summed E-state index contributed by atoms with van der Waals surface area (Å²) < 4.78 is 6.19. The molecule has 1 amide bonds. The molecule has 21 heavy (non-hydrogen) atoms. The summed E-state index contributed by atoms with van der Waals surface area (Å²) in [7, 11) is 0. The second-order valence-electron chi connectivity index (χ2n) is 6.19. The smallest absolute Gasteiger partial charge is 0.249 e. The van der Waals surface area contributed by atoms with Crippen LogP contribution in [0.4, 0.5) is 0 Å². The molecule has 2 fully saturated rings. The lowest BCUT2D eigenvalue weighted by molar-refractivity contribution is -0.131. The van der Waals surface area contributed by atoms with Gasteiger partial charge in [0.25, 0.3) is 0 Å². The van der Waals surface area contributed by atoms with Gasteiger partial charge < -0.3 is 9.64 Å². The molecule has 0 saturated carbocycles. The van der Waals surface area contributed by atoms with E-state index in [9.17, 15) is 4.79 Å². The summed E-state index contributed by atoms with van der Waals surface area (Å²) in [4.78, 5) is 18.9. The van der Waals surface area contributed by atoms with Gasteiger partial charge in [-0.1, -0.05) is 6.08 Å². The highest BCUT2D eigenvalue weighted by atomic mass is 32.1. The molecule has 1 aromatic heterocycles.